The van der Waals surface area contributed by atoms with Crippen molar-refractivity contribution >= 4 is 18.4 Å². The molecule has 1 unspecified atom stereocenters. The second-order valence-corrected chi connectivity index (χ2v) is 21.1. The quantitative estimate of drug-likeness (QED) is 0.216. The molecule has 0 spiro atoms. The Hall–Kier alpha value is -0.501. The molecule has 146 valence electrons. The van der Waals surface area contributed by atoms with Gasteiger partial charge in [-0.05, 0) is 0 Å². The van der Waals surface area contributed by atoms with E-state index in [4.69, 9.17) is 4.74 Å². The molecular weight excluding hydrogens is 427 g/mol. The van der Waals surface area contributed by atoms with Gasteiger partial charge < -0.3 is 0 Å². The Bertz CT molecular complexity index is 496. The van der Waals surface area contributed by atoms with Crippen LogP contribution in [0.25, 0.3) is 0 Å². The SMILES string of the molecule is CCC[CH2][Sn]([CH2]CCC)([CH2]CCC)[CH2]OCC#CC(O)c1ccccc1. The van der Waals surface area contributed by atoms with Gasteiger partial charge in [-0.15, -0.1) is 0 Å². The summed E-state index contributed by atoms with van der Waals surface area (Å²) in [5, 5.41) is 10.1. The molecular formula is C23H38O2Sn. The van der Waals surface area contributed by atoms with E-state index in [9.17, 15) is 5.11 Å². The van der Waals surface area contributed by atoms with Crippen LogP contribution in [0.5, 0.6) is 0 Å². The van der Waals surface area contributed by atoms with Crippen molar-refractivity contribution < 1.29 is 9.84 Å². The third-order valence-electron chi connectivity index (χ3n) is 5.12. The van der Waals surface area contributed by atoms with E-state index in [2.05, 4.69) is 32.6 Å². The van der Waals surface area contributed by atoms with Gasteiger partial charge in [0, 0.05) is 0 Å². The summed E-state index contributed by atoms with van der Waals surface area (Å²) in [4.78, 5) is 0. The normalized spacial score (nSPS) is 12.5. The first-order valence-corrected chi connectivity index (χ1v) is 18.5. The number of benzene rings is 1. The predicted molar refractivity (Wildman–Crippen MR) is 115 cm³/mol. The Labute approximate surface area is 165 Å². The summed E-state index contributed by atoms with van der Waals surface area (Å²) < 4.78 is 11.5. The number of aliphatic hydroxyl groups excluding tert-OH is 1. The minimum atomic E-state index is -2.20. The fourth-order valence-electron chi connectivity index (χ4n) is 3.42. The Morgan fingerprint density at radius 2 is 1.46 bits per heavy atom. The summed E-state index contributed by atoms with van der Waals surface area (Å²) in [6.45, 7) is 7.35. The van der Waals surface area contributed by atoms with Gasteiger partial charge >= 0.3 is 166 Å². The Balaban J connectivity index is 2.57. The summed E-state index contributed by atoms with van der Waals surface area (Å²) in [6.07, 6.45) is 7.26. The maximum atomic E-state index is 10.1. The van der Waals surface area contributed by atoms with Crippen molar-refractivity contribution in [3.63, 3.8) is 0 Å². The van der Waals surface area contributed by atoms with Gasteiger partial charge in [-0.3, -0.25) is 0 Å². The second-order valence-electron chi connectivity index (χ2n) is 7.44. The fourth-order valence-corrected chi connectivity index (χ4v) is 17.8. The van der Waals surface area contributed by atoms with Crippen LogP contribution in [0, 0.1) is 11.8 Å². The molecule has 1 atom stereocenters. The molecule has 0 aromatic heterocycles. The van der Waals surface area contributed by atoms with Crippen LogP contribution in [-0.2, 0) is 4.74 Å². The average molecular weight is 465 g/mol. The number of rotatable bonds is 13. The Morgan fingerprint density at radius 1 is 0.923 bits per heavy atom. The van der Waals surface area contributed by atoms with Crippen LogP contribution < -0.4 is 0 Å². The molecule has 0 aliphatic carbocycles. The van der Waals surface area contributed by atoms with E-state index in [1.807, 2.05) is 30.3 Å². The molecule has 1 aromatic carbocycles. The van der Waals surface area contributed by atoms with Crippen LogP contribution in [-0.4, -0.2) is 34.7 Å². The minimum absolute atomic E-state index is 0.451. The van der Waals surface area contributed by atoms with Gasteiger partial charge in [-0.25, -0.2) is 0 Å². The average Bonchev–Trinajstić information content (AvgIpc) is 2.69. The summed E-state index contributed by atoms with van der Waals surface area (Å²) in [5.41, 5.74) is 0.849. The molecule has 3 heteroatoms. The molecule has 2 nitrogen and oxygen atoms in total. The van der Waals surface area contributed by atoms with Crippen LogP contribution in [0.1, 0.15) is 71.0 Å². The Morgan fingerprint density at radius 3 is 1.96 bits per heavy atom. The standard InChI is InChI=1S/C11H11O2.3C4H9.Sn/c1-13-9-5-8-11(12)10-6-3-2-4-7-10;3*1-3-4-2;/h2-4,6-7,11-12H,1,9H2;3*1,3-4H2,2H3;. The third kappa shape index (κ3) is 9.44. The van der Waals surface area contributed by atoms with Gasteiger partial charge in [0.05, 0.1) is 0 Å². The van der Waals surface area contributed by atoms with Gasteiger partial charge in [0.15, 0.2) is 0 Å². The van der Waals surface area contributed by atoms with Crippen molar-refractivity contribution in [3.8, 4) is 11.8 Å². The van der Waals surface area contributed by atoms with Crippen molar-refractivity contribution in [1.29, 1.82) is 0 Å². The first-order valence-electron chi connectivity index (χ1n) is 10.5. The van der Waals surface area contributed by atoms with Crippen molar-refractivity contribution in [2.75, 3.05) is 11.2 Å². The molecule has 0 saturated heterocycles. The van der Waals surface area contributed by atoms with E-state index >= 15 is 0 Å². The molecule has 0 fully saturated rings. The van der Waals surface area contributed by atoms with Gasteiger partial charge in [0.2, 0.25) is 0 Å². The number of aliphatic hydroxyl groups is 1. The van der Waals surface area contributed by atoms with Gasteiger partial charge in [0.1, 0.15) is 0 Å². The topological polar surface area (TPSA) is 29.5 Å². The molecule has 1 rings (SSSR count). The zero-order chi connectivity index (χ0) is 19.1. The summed E-state index contributed by atoms with van der Waals surface area (Å²) >= 11 is -2.20. The van der Waals surface area contributed by atoms with Crippen molar-refractivity contribution in [2.45, 2.75) is 78.7 Å². The third-order valence-corrected chi connectivity index (χ3v) is 19.6. The van der Waals surface area contributed by atoms with Crippen molar-refractivity contribution in [1.82, 2.24) is 0 Å². The number of unbranched alkanes of at least 4 members (excludes halogenated alkanes) is 3. The van der Waals surface area contributed by atoms with E-state index in [1.54, 1.807) is 0 Å². The molecule has 0 aliphatic heterocycles. The van der Waals surface area contributed by atoms with Crippen LogP contribution in [0.4, 0.5) is 0 Å². The number of hydrogen-bond acceptors (Lipinski definition) is 2. The molecule has 0 amide bonds. The first kappa shape index (κ1) is 23.5. The first-order chi connectivity index (χ1) is 12.7. The fraction of sp³-hybridized carbons (Fsp3) is 0.652. The zero-order valence-corrected chi connectivity index (χ0v) is 20.0. The molecule has 0 radical (unpaired) electrons. The Kier molecular flexibility index (Phi) is 13.2. The van der Waals surface area contributed by atoms with E-state index in [-0.39, 0.29) is 0 Å². The van der Waals surface area contributed by atoms with Gasteiger partial charge in [-0.1, -0.05) is 0 Å². The monoisotopic (exact) mass is 466 g/mol. The van der Waals surface area contributed by atoms with Crippen LogP contribution in [0.15, 0.2) is 30.3 Å². The zero-order valence-electron chi connectivity index (χ0n) is 17.1. The molecule has 26 heavy (non-hydrogen) atoms. The van der Waals surface area contributed by atoms with E-state index in [0.717, 1.165) is 10.2 Å². The van der Waals surface area contributed by atoms with Crippen molar-refractivity contribution in [2.24, 2.45) is 0 Å². The predicted octanol–water partition coefficient (Wildman–Crippen LogP) is 6.13. The molecule has 0 bridgehead atoms. The van der Waals surface area contributed by atoms with Crippen LogP contribution in [0.2, 0.25) is 13.3 Å². The molecule has 1 N–H and O–H groups in total. The van der Waals surface area contributed by atoms with E-state index in [1.165, 1.54) is 51.8 Å². The molecule has 0 heterocycles. The van der Waals surface area contributed by atoms with Gasteiger partial charge in [0.25, 0.3) is 0 Å². The molecule has 0 aliphatic rings. The molecule has 0 saturated carbocycles. The summed E-state index contributed by atoms with van der Waals surface area (Å²) in [5.74, 6) is 5.95. The number of ether oxygens (including phenoxy) is 1. The van der Waals surface area contributed by atoms with Crippen molar-refractivity contribution in [3.05, 3.63) is 35.9 Å². The van der Waals surface area contributed by atoms with Crippen LogP contribution >= 0.6 is 0 Å². The van der Waals surface area contributed by atoms with E-state index < -0.39 is 24.5 Å². The van der Waals surface area contributed by atoms with Crippen LogP contribution in [0.3, 0.4) is 0 Å². The summed E-state index contributed by atoms with van der Waals surface area (Å²) in [6, 6.07) is 9.61. The molecule has 1 aromatic rings. The second kappa shape index (κ2) is 14.5. The van der Waals surface area contributed by atoms with Gasteiger partial charge in [-0.2, -0.15) is 0 Å². The maximum absolute atomic E-state index is 10.1. The van der Waals surface area contributed by atoms with E-state index in [0.29, 0.717) is 6.61 Å². The number of hydrogen-bond donors (Lipinski definition) is 1. The summed E-state index contributed by atoms with van der Waals surface area (Å²) in [7, 11) is 0.